The monoisotopic (exact) mass is 345 g/mol. The molecule has 6 nitrogen and oxygen atoms in total. The van der Waals surface area contributed by atoms with Crippen molar-refractivity contribution < 1.29 is 4.74 Å². The average molecular weight is 346 g/mol. The zero-order chi connectivity index (χ0) is 16.7. The van der Waals surface area contributed by atoms with Crippen LogP contribution in [0.25, 0.3) is 0 Å². The van der Waals surface area contributed by atoms with E-state index in [2.05, 4.69) is 34.8 Å². The second kappa shape index (κ2) is 9.07. The maximum Gasteiger partial charge on any atom is 0.187 e. The van der Waals surface area contributed by atoms with Crippen LogP contribution in [0.4, 0.5) is 0 Å². The summed E-state index contributed by atoms with van der Waals surface area (Å²) < 4.78 is 6.82. The largest absolute Gasteiger partial charge is 0.383 e. The lowest BCUT2D eigenvalue weighted by Gasteiger charge is -2.13. The highest BCUT2D eigenvalue weighted by Crippen LogP contribution is 2.18. The first-order valence-electron chi connectivity index (χ1n) is 7.16. The van der Waals surface area contributed by atoms with Gasteiger partial charge in [0.15, 0.2) is 5.11 Å². The number of rotatable bonds is 7. The van der Waals surface area contributed by atoms with Gasteiger partial charge in [-0.3, -0.25) is 10.1 Å². The molecule has 0 aliphatic carbocycles. The van der Waals surface area contributed by atoms with Gasteiger partial charge in [-0.05, 0) is 32.0 Å². The van der Waals surface area contributed by atoms with Crippen molar-refractivity contribution in [2.45, 2.75) is 40.3 Å². The zero-order valence-electron chi connectivity index (χ0n) is 13.7. The summed E-state index contributed by atoms with van der Waals surface area (Å²) in [7, 11) is 1.65. The van der Waals surface area contributed by atoms with Gasteiger partial charge in [-0.25, -0.2) is 0 Å². The summed E-state index contributed by atoms with van der Waals surface area (Å²) in [6, 6.07) is 0.110. The molecule has 0 aliphatic rings. The molecule has 1 atom stereocenters. The van der Waals surface area contributed by atoms with Gasteiger partial charge >= 0.3 is 0 Å². The van der Waals surface area contributed by atoms with Crippen LogP contribution in [0.2, 0.25) is 5.15 Å². The van der Waals surface area contributed by atoms with E-state index in [0.717, 1.165) is 17.8 Å². The molecule has 124 valence electrons. The first-order chi connectivity index (χ1) is 10.3. The fourth-order valence-electron chi connectivity index (χ4n) is 1.88. The molecule has 0 spiro atoms. The molecule has 0 aliphatic heterocycles. The van der Waals surface area contributed by atoms with Crippen LogP contribution in [0.1, 0.15) is 32.0 Å². The molecular weight excluding hydrogens is 322 g/mol. The van der Waals surface area contributed by atoms with Crippen LogP contribution in [0.5, 0.6) is 0 Å². The molecule has 2 N–H and O–H groups in total. The van der Waals surface area contributed by atoms with Gasteiger partial charge in [-0.1, -0.05) is 25.4 Å². The Morgan fingerprint density at radius 2 is 2.18 bits per heavy atom. The molecule has 8 heteroatoms. The van der Waals surface area contributed by atoms with Gasteiger partial charge in [0.1, 0.15) is 5.15 Å². The highest BCUT2D eigenvalue weighted by molar-refractivity contribution is 7.80. The first kappa shape index (κ1) is 18.9. The number of hydrogen-bond acceptors (Lipinski definition) is 4. The quantitative estimate of drug-likeness (QED) is 0.451. The van der Waals surface area contributed by atoms with Crippen molar-refractivity contribution in [3.63, 3.8) is 0 Å². The molecule has 1 aromatic heterocycles. The molecule has 22 heavy (non-hydrogen) atoms. The SMILES string of the molecule is COC[C@H](C)NC(=S)N/N=C\c1c(C)nn(CC(C)C)c1Cl. The molecule has 0 fully saturated rings. The fourth-order valence-corrected chi connectivity index (χ4v) is 2.43. The summed E-state index contributed by atoms with van der Waals surface area (Å²) >= 11 is 11.5. The van der Waals surface area contributed by atoms with Crippen LogP contribution in [0.15, 0.2) is 5.10 Å². The third-order valence-electron chi connectivity index (χ3n) is 2.80. The van der Waals surface area contributed by atoms with Crippen LogP contribution in [0.3, 0.4) is 0 Å². The van der Waals surface area contributed by atoms with Gasteiger partial charge in [0.05, 0.1) is 24.1 Å². The maximum atomic E-state index is 6.33. The first-order valence-corrected chi connectivity index (χ1v) is 7.95. The van der Waals surface area contributed by atoms with Crippen LogP contribution >= 0.6 is 23.8 Å². The Balaban J connectivity index is 2.63. The number of nitrogens with zero attached hydrogens (tertiary/aromatic N) is 3. The molecule has 0 saturated carbocycles. The third kappa shape index (κ3) is 5.90. The summed E-state index contributed by atoms with van der Waals surface area (Å²) in [4.78, 5) is 0. The van der Waals surface area contributed by atoms with E-state index < -0.39 is 0 Å². The van der Waals surface area contributed by atoms with Crippen molar-refractivity contribution in [3.8, 4) is 0 Å². The number of thiocarbonyl (C=S) groups is 1. The van der Waals surface area contributed by atoms with E-state index in [1.54, 1.807) is 18.0 Å². The van der Waals surface area contributed by atoms with Gasteiger partial charge in [0.2, 0.25) is 0 Å². The van der Waals surface area contributed by atoms with E-state index in [-0.39, 0.29) is 6.04 Å². The molecule has 1 heterocycles. The highest BCUT2D eigenvalue weighted by atomic mass is 35.5. The molecule has 1 rings (SSSR count). The van der Waals surface area contributed by atoms with E-state index in [9.17, 15) is 0 Å². The Kier molecular flexibility index (Phi) is 7.78. The second-order valence-corrected chi connectivity index (χ2v) is 6.33. The third-order valence-corrected chi connectivity index (χ3v) is 3.41. The minimum Gasteiger partial charge on any atom is -0.383 e. The van der Waals surface area contributed by atoms with E-state index in [1.807, 2.05) is 13.8 Å². The van der Waals surface area contributed by atoms with Gasteiger partial charge in [-0.2, -0.15) is 10.2 Å². The minimum atomic E-state index is 0.110. The minimum absolute atomic E-state index is 0.110. The average Bonchev–Trinajstić information content (AvgIpc) is 2.65. The molecule has 1 aromatic rings. The Bertz CT molecular complexity index is 530. The topological polar surface area (TPSA) is 63.5 Å². The normalized spacial score (nSPS) is 12.9. The molecule has 0 bridgehead atoms. The Labute approximate surface area is 142 Å². The molecule has 0 saturated heterocycles. The predicted octanol–water partition coefficient (Wildman–Crippen LogP) is 2.33. The van der Waals surface area contributed by atoms with Gasteiger partial charge in [-0.15, -0.1) is 0 Å². The van der Waals surface area contributed by atoms with Crippen molar-refractivity contribution in [3.05, 3.63) is 16.4 Å². The van der Waals surface area contributed by atoms with Crippen molar-refractivity contribution in [2.24, 2.45) is 11.0 Å². The lowest BCUT2D eigenvalue weighted by molar-refractivity contribution is 0.179. The Hall–Kier alpha value is -1.18. The number of halogens is 1. The van der Waals surface area contributed by atoms with Crippen molar-refractivity contribution >= 4 is 35.1 Å². The molecule has 0 aromatic carbocycles. The number of aromatic nitrogens is 2. The van der Waals surface area contributed by atoms with Gasteiger partial charge in [0.25, 0.3) is 0 Å². The number of ether oxygens (including phenoxy) is 1. The molecule has 0 radical (unpaired) electrons. The summed E-state index contributed by atoms with van der Waals surface area (Å²) in [5.41, 5.74) is 4.39. The lowest BCUT2D eigenvalue weighted by Crippen LogP contribution is -2.40. The number of nitrogens with one attached hydrogen (secondary N) is 2. The van der Waals surface area contributed by atoms with E-state index >= 15 is 0 Å². The Morgan fingerprint density at radius 1 is 1.50 bits per heavy atom. The lowest BCUT2D eigenvalue weighted by atomic mass is 10.2. The summed E-state index contributed by atoms with van der Waals surface area (Å²) in [5, 5.41) is 12.6. The Morgan fingerprint density at radius 3 is 2.77 bits per heavy atom. The van der Waals surface area contributed by atoms with Gasteiger partial charge < -0.3 is 10.1 Å². The molecular formula is C14H24ClN5OS. The van der Waals surface area contributed by atoms with Crippen LogP contribution in [-0.4, -0.2) is 40.9 Å². The van der Waals surface area contributed by atoms with Crippen molar-refractivity contribution in [1.29, 1.82) is 0 Å². The number of hydrogen-bond donors (Lipinski definition) is 2. The summed E-state index contributed by atoms with van der Waals surface area (Å²) in [5.74, 6) is 0.471. The highest BCUT2D eigenvalue weighted by Gasteiger charge is 2.12. The predicted molar refractivity (Wildman–Crippen MR) is 94.6 cm³/mol. The number of aryl methyl sites for hydroxylation is 1. The van der Waals surface area contributed by atoms with Gasteiger partial charge in [0, 0.05) is 19.7 Å². The number of methoxy groups -OCH3 is 1. The standard InChI is InChI=1S/C14H24ClN5OS/c1-9(2)7-20-13(15)12(11(4)19-20)6-16-18-14(22)17-10(3)8-21-5/h6,9-10H,7-8H2,1-5H3,(H2,17,18,22)/b16-6-/t10-/m0/s1. The van der Waals surface area contributed by atoms with Crippen molar-refractivity contribution in [1.82, 2.24) is 20.5 Å². The molecule has 0 unspecified atom stereocenters. The van der Waals surface area contributed by atoms with Crippen LogP contribution in [0, 0.1) is 12.8 Å². The van der Waals surface area contributed by atoms with Crippen LogP contribution < -0.4 is 10.7 Å². The van der Waals surface area contributed by atoms with E-state index in [0.29, 0.717) is 22.8 Å². The smallest absolute Gasteiger partial charge is 0.187 e. The second-order valence-electron chi connectivity index (χ2n) is 5.57. The van der Waals surface area contributed by atoms with Crippen molar-refractivity contribution in [2.75, 3.05) is 13.7 Å². The van der Waals surface area contributed by atoms with E-state index in [1.165, 1.54) is 0 Å². The molecule has 0 amide bonds. The van der Waals surface area contributed by atoms with Crippen LogP contribution in [-0.2, 0) is 11.3 Å². The summed E-state index contributed by atoms with van der Waals surface area (Å²) in [6.45, 7) is 9.45. The maximum absolute atomic E-state index is 6.33. The zero-order valence-corrected chi connectivity index (χ0v) is 15.3. The fraction of sp³-hybridized carbons (Fsp3) is 0.643. The van der Waals surface area contributed by atoms with E-state index in [4.69, 9.17) is 28.6 Å². The summed E-state index contributed by atoms with van der Waals surface area (Å²) in [6.07, 6.45) is 1.64. The number of hydrazone groups is 1.